The molecule has 3 aromatic carbocycles. The number of aromatic nitrogens is 2. The van der Waals surface area contributed by atoms with Crippen LogP contribution < -0.4 is 0 Å². The molecule has 2 aromatic heterocycles. The molecular formula is C32H36BN2. The lowest BCUT2D eigenvalue weighted by molar-refractivity contribution is 0.125. The molecule has 5 aromatic rings. The fraction of sp³-hybridized carbons (Fsp3) is 0.406. The molecule has 0 fully saturated rings. The van der Waals surface area contributed by atoms with Gasteiger partial charge in [-0.15, -0.1) is 0 Å². The van der Waals surface area contributed by atoms with Gasteiger partial charge in [0.25, 0.3) is 0 Å². The monoisotopic (exact) mass is 468 g/mol. The van der Waals surface area contributed by atoms with E-state index < -0.39 is 36.8 Å². The second-order valence-corrected chi connectivity index (χ2v) is 11.7. The Kier molecular flexibility index (Phi) is 3.02. The van der Waals surface area contributed by atoms with Crippen molar-refractivity contribution in [1.82, 2.24) is 9.38 Å². The van der Waals surface area contributed by atoms with Crippen LogP contribution in [0.25, 0.3) is 38.4 Å². The third kappa shape index (κ3) is 2.81. The maximum atomic E-state index is 8.68. The van der Waals surface area contributed by atoms with E-state index in [1.54, 1.807) is 26.0 Å². The zero-order valence-electron chi connectivity index (χ0n) is 30.2. The highest BCUT2D eigenvalue weighted by Crippen LogP contribution is 2.62. The Morgan fingerprint density at radius 1 is 0.771 bits per heavy atom. The molecular weight excluding hydrogens is 423 g/mol. The molecule has 6 rings (SSSR count). The van der Waals surface area contributed by atoms with E-state index in [1.165, 1.54) is 12.5 Å². The fourth-order valence-electron chi connectivity index (χ4n) is 5.71. The summed E-state index contributed by atoms with van der Waals surface area (Å²) in [6.07, 6.45) is 0. The molecule has 35 heavy (non-hydrogen) atoms. The second kappa shape index (κ2) is 6.90. The Morgan fingerprint density at radius 2 is 1.46 bits per heavy atom. The summed E-state index contributed by atoms with van der Waals surface area (Å²) in [7, 11) is 0. The summed E-state index contributed by atoms with van der Waals surface area (Å²) < 4.78 is 80.0. The molecule has 3 heteroatoms. The molecule has 0 bridgehead atoms. The van der Waals surface area contributed by atoms with Crippen LogP contribution in [0.5, 0.6) is 0 Å². The molecule has 1 atom stereocenters. The Bertz CT molecular complexity index is 1960. The highest BCUT2D eigenvalue weighted by atomic mass is 15.0. The summed E-state index contributed by atoms with van der Waals surface area (Å²) in [6, 6.07) is 17.7. The third-order valence-electron chi connectivity index (χ3n) is 8.43. The van der Waals surface area contributed by atoms with Gasteiger partial charge in [0, 0.05) is 31.5 Å². The molecule has 2 nitrogen and oxygen atoms in total. The van der Waals surface area contributed by atoms with Gasteiger partial charge in [-0.3, -0.25) is 4.40 Å². The lowest BCUT2D eigenvalue weighted by atomic mass is 9.59. The fourth-order valence-corrected chi connectivity index (χ4v) is 5.71. The summed E-state index contributed by atoms with van der Waals surface area (Å²) in [5.41, 5.74) is -2.05. The minimum Gasteiger partial charge on any atom is -0.292 e. The molecule has 177 valence electrons. The van der Waals surface area contributed by atoms with E-state index in [-0.39, 0.29) is 19.4 Å². The molecule has 0 amide bonds. The molecule has 0 N–H and O–H groups in total. The van der Waals surface area contributed by atoms with Crippen molar-refractivity contribution in [3.63, 3.8) is 0 Å². The number of pyridine rings is 1. The first-order valence-corrected chi connectivity index (χ1v) is 11.8. The standard InChI is InChI=1S/C32H36N2.B/c1-29(2,3)19-14-15-26-22(16-19)20-12-10-11-13-21(20)28-33-25-17-23-24(18-27(25)34(26)28)31(6,7)32(8,9)30(23,4)5;/h10-18H,1-9H3;/i4D3,5D3,8D3;. The van der Waals surface area contributed by atoms with Crippen LogP contribution in [0.1, 0.15) is 91.1 Å². The first kappa shape index (κ1) is 15.3. The molecule has 1 aliphatic carbocycles. The molecule has 0 aliphatic heterocycles. The number of benzene rings is 3. The number of imidazole rings is 1. The van der Waals surface area contributed by atoms with Gasteiger partial charge in [-0.1, -0.05) is 92.4 Å². The van der Waals surface area contributed by atoms with Crippen LogP contribution in [0.2, 0.25) is 0 Å². The summed E-state index contributed by atoms with van der Waals surface area (Å²) in [4.78, 5) is 4.98. The van der Waals surface area contributed by atoms with Gasteiger partial charge in [0.05, 0.1) is 16.6 Å². The van der Waals surface area contributed by atoms with Gasteiger partial charge in [-0.2, -0.15) is 0 Å². The quantitative estimate of drug-likeness (QED) is 0.165. The lowest BCUT2D eigenvalue weighted by Crippen LogP contribution is -2.42. The largest absolute Gasteiger partial charge is 0.292 e. The summed E-state index contributed by atoms with van der Waals surface area (Å²) in [5, 5.41) is 2.96. The Morgan fingerprint density at radius 3 is 2.11 bits per heavy atom. The van der Waals surface area contributed by atoms with E-state index in [0.717, 1.165) is 21.7 Å². The predicted molar refractivity (Wildman–Crippen MR) is 152 cm³/mol. The first-order chi connectivity index (χ1) is 19.5. The second-order valence-electron chi connectivity index (χ2n) is 11.7. The molecule has 0 saturated carbocycles. The SMILES string of the molecule is [2H]C([2H])([2H])C1(C)C(C)(C)c2cc3c(cc2C1(C([2H])([2H])[2H])C([2H])([2H])[2H])nc1c2ccccc2c2cc(C(C)(C)C)ccc2n31.[B]. The average Bonchev–Trinajstić information content (AvgIpc) is 3.31. The van der Waals surface area contributed by atoms with Gasteiger partial charge in [-0.05, 0) is 68.0 Å². The first-order valence-electron chi connectivity index (χ1n) is 16.3. The van der Waals surface area contributed by atoms with E-state index in [1.807, 2.05) is 22.6 Å². The van der Waals surface area contributed by atoms with Crippen molar-refractivity contribution in [2.75, 3.05) is 0 Å². The highest BCUT2D eigenvalue weighted by molar-refractivity contribution is 6.14. The van der Waals surface area contributed by atoms with Gasteiger partial charge in [0.1, 0.15) is 5.65 Å². The number of nitrogens with zero attached hydrogens (tertiary/aromatic N) is 2. The van der Waals surface area contributed by atoms with E-state index >= 15 is 0 Å². The van der Waals surface area contributed by atoms with Crippen molar-refractivity contribution in [2.24, 2.45) is 5.41 Å². The van der Waals surface area contributed by atoms with Crippen LogP contribution in [0.15, 0.2) is 54.6 Å². The van der Waals surface area contributed by atoms with Gasteiger partial charge in [-0.25, -0.2) is 4.98 Å². The Labute approximate surface area is 224 Å². The van der Waals surface area contributed by atoms with Crippen molar-refractivity contribution in [3.8, 4) is 0 Å². The van der Waals surface area contributed by atoms with Gasteiger partial charge >= 0.3 is 0 Å². The number of fused-ring (bicyclic) bond motifs is 9. The van der Waals surface area contributed by atoms with Gasteiger partial charge < -0.3 is 0 Å². The molecule has 3 radical (unpaired) electrons. The van der Waals surface area contributed by atoms with Crippen LogP contribution in [-0.2, 0) is 16.2 Å². The van der Waals surface area contributed by atoms with E-state index in [4.69, 9.17) is 17.3 Å². The Balaban J connectivity index is 0.00000384. The molecule has 0 spiro atoms. The van der Waals surface area contributed by atoms with E-state index in [9.17, 15) is 0 Å². The third-order valence-corrected chi connectivity index (χ3v) is 8.43. The van der Waals surface area contributed by atoms with E-state index in [2.05, 4.69) is 45.0 Å². The lowest BCUT2D eigenvalue weighted by Gasteiger charge is -2.44. The maximum absolute atomic E-state index is 8.68. The van der Waals surface area contributed by atoms with Crippen LogP contribution in [-0.4, -0.2) is 17.8 Å². The van der Waals surface area contributed by atoms with Crippen molar-refractivity contribution in [3.05, 3.63) is 71.3 Å². The van der Waals surface area contributed by atoms with Crippen molar-refractivity contribution < 1.29 is 12.3 Å². The Hall–Kier alpha value is -2.81. The normalized spacial score (nSPS) is 25.9. The van der Waals surface area contributed by atoms with Gasteiger partial charge in [0.2, 0.25) is 0 Å². The summed E-state index contributed by atoms with van der Waals surface area (Å²) in [6.45, 7) is 1.88. The molecule has 2 heterocycles. The average molecular weight is 469 g/mol. The van der Waals surface area contributed by atoms with Crippen molar-refractivity contribution in [2.45, 2.75) is 78.3 Å². The minimum atomic E-state index is -3.17. The minimum absolute atomic E-state index is 0. The van der Waals surface area contributed by atoms with E-state index in [0.29, 0.717) is 22.2 Å². The zero-order chi connectivity index (χ0) is 31.9. The number of rotatable bonds is 0. The van der Waals surface area contributed by atoms with Crippen LogP contribution in [0.3, 0.4) is 0 Å². The van der Waals surface area contributed by atoms with Crippen LogP contribution in [0.4, 0.5) is 0 Å². The summed E-state index contributed by atoms with van der Waals surface area (Å²) in [5.74, 6) is 0. The number of hydrogen-bond acceptors (Lipinski definition) is 1. The number of hydrogen-bond donors (Lipinski definition) is 0. The highest BCUT2D eigenvalue weighted by Gasteiger charge is 2.56. The van der Waals surface area contributed by atoms with Crippen molar-refractivity contribution in [1.29, 1.82) is 0 Å². The molecule has 1 aliphatic rings. The molecule has 0 saturated heterocycles. The topological polar surface area (TPSA) is 17.3 Å². The van der Waals surface area contributed by atoms with Crippen LogP contribution >= 0.6 is 0 Å². The molecule has 1 unspecified atom stereocenters. The zero-order valence-corrected chi connectivity index (χ0v) is 21.2. The van der Waals surface area contributed by atoms with Crippen molar-refractivity contribution >= 4 is 46.8 Å². The van der Waals surface area contributed by atoms with Gasteiger partial charge in [0.15, 0.2) is 0 Å². The summed E-state index contributed by atoms with van der Waals surface area (Å²) >= 11 is 0. The predicted octanol–water partition coefficient (Wildman–Crippen LogP) is 8.31. The maximum Gasteiger partial charge on any atom is 0.146 e. The smallest absolute Gasteiger partial charge is 0.146 e. The van der Waals surface area contributed by atoms with Crippen LogP contribution in [0, 0.1) is 5.41 Å².